The number of ether oxygens (including phenoxy) is 3. The van der Waals surface area contributed by atoms with Gasteiger partial charge in [0.05, 0.1) is 13.7 Å². The van der Waals surface area contributed by atoms with Crippen molar-refractivity contribution in [3.8, 4) is 11.5 Å². The molecule has 1 heterocycles. The SMILES string of the molecule is COc1cc(CCO)ccc1OC1OC(CO)C(O)C(O)C1O. The Labute approximate surface area is 133 Å². The molecule has 8 nitrogen and oxygen atoms in total. The fraction of sp³-hybridized carbons (Fsp3) is 0.600. The van der Waals surface area contributed by atoms with Crippen LogP contribution in [0.5, 0.6) is 11.5 Å². The molecule has 0 bridgehead atoms. The molecule has 1 aliphatic heterocycles. The van der Waals surface area contributed by atoms with Gasteiger partial charge in [0.1, 0.15) is 24.4 Å². The molecule has 1 aromatic carbocycles. The lowest BCUT2D eigenvalue weighted by Crippen LogP contribution is -2.60. The Kier molecular flexibility index (Phi) is 6.17. The summed E-state index contributed by atoms with van der Waals surface area (Å²) in [5, 5.41) is 47.6. The number of hydrogen-bond acceptors (Lipinski definition) is 8. The van der Waals surface area contributed by atoms with Crippen molar-refractivity contribution in [3.63, 3.8) is 0 Å². The fourth-order valence-corrected chi connectivity index (χ4v) is 2.38. The van der Waals surface area contributed by atoms with Crippen molar-refractivity contribution >= 4 is 0 Å². The predicted octanol–water partition coefficient (Wildman–Crippen LogP) is -1.59. The molecular formula is C15H22O8. The molecule has 0 radical (unpaired) electrons. The molecule has 1 aromatic rings. The molecule has 0 spiro atoms. The minimum atomic E-state index is -1.51. The first-order valence-corrected chi connectivity index (χ1v) is 7.26. The van der Waals surface area contributed by atoms with Crippen molar-refractivity contribution in [1.29, 1.82) is 0 Å². The lowest BCUT2D eigenvalue weighted by Gasteiger charge is -2.39. The molecule has 23 heavy (non-hydrogen) atoms. The van der Waals surface area contributed by atoms with Crippen LogP contribution in [-0.2, 0) is 11.2 Å². The van der Waals surface area contributed by atoms with Gasteiger partial charge in [-0.05, 0) is 24.1 Å². The van der Waals surface area contributed by atoms with Gasteiger partial charge in [0.25, 0.3) is 0 Å². The van der Waals surface area contributed by atoms with Crippen LogP contribution in [0.15, 0.2) is 18.2 Å². The van der Waals surface area contributed by atoms with Crippen LogP contribution in [-0.4, -0.2) is 76.6 Å². The molecule has 2 rings (SSSR count). The molecule has 8 heteroatoms. The summed E-state index contributed by atoms with van der Waals surface area (Å²) in [6.07, 6.45) is -6.30. The summed E-state index contributed by atoms with van der Waals surface area (Å²) in [5.74, 6) is 0.631. The summed E-state index contributed by atoms with van der Waals surface area (Å²) in [6.45, 7) is -0.534. The Balaban J connectivity index is 2.17. The predicted molar refractivity (Wildman–Crippen MR) is 78.2 cm³/mol. The third-order valence-electron chi connectivity index (χ3n) is 3.72. The number of rotatable bonds is 6. The molecular weight excluding hydrogens is 308 g/mol. The topological polar surface area (TPSA) is 129 Å². The lowest BCUT2D eigenvalue weighted by atomic mass is 9.99. The summed E-state index contributed by atoms with van der Waals surface area (Å²) in [7, 11) is 1.44. The quantitative estimate of drug-likeness (QED) is 0.422. The van der Waals surface area contributed by atoms with E-state index in [2.05, 4.69) is 0 Å². The molecule has 0 saturated carbocycles. The fourth-order valence-electron chi connectivity index (χ4n) is 2.38. The van der Waals surface area contributed by atoms with Gasteiger partial charge in [-0.15, -0.1) is 0 Å². The molecule has 5 N–H and O–H groups in total. The number of methoxy groups -OCH3 is 1. The van der Waals surface area contributed by atoms with Crippen LogP contribution < -0.4 is 9.47 Å². The molecule has 130 valence electrons. The van der Waals surface area contributed by atoms with Crippen molar-refractivity contribution in [2.24, 2.45) is 0 Å². The van der Waals surface area contributed by atoms with Crippen molar-refractivity contribution < 1.29 is 39.7 Å². The van der Waals surface area contributed by atoms with E-state index in [1.165, 1.54) is 7.11 Å². The highest BCUT2D eigenvalue weighted by Gasteiger charge is 2.44. The maximum Gasteiger partial charge on any atom is 0.229 e. The smallest absolute Gasteiger partial charge is 0.229 e. The van der Waals surface area contributed by atoms with Crippen LogP contribution in [0.1, 0.15) is 5.56 Å². The standard InChI is InChI=1S/C15H22O8/c1-21-10-6-8(4-5-16)2-3-9(10)22-15-14(20)13(19)12(18)11(7-17)23-15/h2-3,6,11-20H,4-5,7H2,1H3. The summed E-state index contributed by atoms with van der Waals surface area (Å²) < 4.78 is 16.0. The Bertz CT molecular complexity index is 506. The van der Waals surface area contributed by atoms with E-state index in [9.17, 15) is 15.3 Å². The van der Waals surface area contributed by atoms with E-state index in [4.69, 9.17) is 24.4 Å². The minimum Gasteiger partial charge on any atom is -0.493 e. The van der Waals surface area contributed by atoms with Gasteiger partial charge in [-0.2, -0.15) is 0 Å². The third-order valence-corrected chi connectivity index (χ3v) is 3.72. The van der Waals surface area contributed by atoms with Crippen molar-refractivity contribution in [1.82, 2.24) is 0 Å². The molecule has 5 unspecified atom stereocenters. The molecule has 0 aromatic heterocycles. The van der Waals surface area contributed by atoms with Gasteiger partial charge in [-0.3, -0.25) is 0 Å². The first-order chi connectivity index (χ1) is 11.0. The molecule has 0 amide bonds. The van der Waals surface area contributed by atoms with Gasteiger partial charge in [-0.25, -0.2) is 0 Å². The second-order valence-electron chi connectivity index (χ2n) is 5.27. The summed E-state index contributed by atoms with van der Waals surface area (Å²) in [6, 6.07) is 4.99. The zero-order chi connectivity index (χ0) is 17.0. The van der Waals surface area contributed by atoms with E-state index in [0.29, 0.717) is 12.2 Å². The minimum absolute atomic E-state index is 0.00390. The van der Waals surface area contributed by atoms with Gasteiger partial charge in [-0.1, -0.05) is 6.07 Å². The van der Waals surface area contributed by atoms with Crippen LogP contribution in [0, 0.1) is 0 Å². The summed E-state index contributed by atoms with van der Waals surface area (Å²) in [5.41, 5.74) is 0.838. The second kappa shape index (κ2) is 7.91. The Hall–Kier alpha value is -1.42. The average molecular weight is 330 g/mol. The maximum absolute atomic E-state index is 9.97. The van der Waals surface area contributed by atoms with Crippen molar-refractivity contribution in [2.45, 2.75) is 37.1 Å². The molecule has 1 fully saturated rings. The average Bonchev–Trinajstić information content (AvgIpc) is 2.56. The first-order valence-electron chi connectivity index (χ1n) is 7.26. The van der Waals surface area contributed by atoms with Gasteiger partial charge in [0.15, 0.2) is 11.5 Å². The Morgan fingerprint density at radius 1 is 1.04 bits per heavy atom. The number of hydrogen-bond donors (Lipinski definition) is 5. The first kappa shape index (κ1) is 17.9. The lowest BCUT2D eigenvalue weighted by molar-refractivity contribution is -0.277. The number of aliphatic hydroxyl groups is 5. The van der Waals surface area contributed by atoms with E-state index in [0.717, 1.165) is 5.56 Å². The van der Waals surface area contributed by atoms with Gasteiger partial charge >= 0.3 is 0 Å². The van der Waals surface area contributed by atoms with Crippen LogP contribution >= 0.6 is 0 Å². The zero-order valence-electron chi connectivity index (χ0n) is 12.7. The molecule has 0 aliphatic carbocycles. The van der Waals surface area contributed by atoms with Gasteiger partial charge in [0.2, 0.25) is 6.29 Å². The normalized spacial score (nSPS) is 31.0. The molecule has 1 saturated heterocycles. The van der Waals surface area contributed by atoms with Crippen LogP contribution in [0.4, 0.5) is 0 Å². The highest BCUT2D eigenvalue weighted by atomic mass is 16.7. The number of benzene rings is 1. The van der Waals surface area contributed by atoms with Crippen molar-refractivity contribution in [3.05, 3.63) is 23.8 Å². The van der Waals surface area contributed by atoms with Crippen LogP contribution in [0.25, 0.3) is 0 Å². The van der Waals surface area contributed by atoms with E-state index < -0.39 is 37.3 Å². The molecule has 1 aliphatic rings. The van der Waals surface area contributed by atoms with Crippen LogP contribution in [0.3, 0.4) is 0 Å². The molecule has 5 atom stereocenters. The summed E-state index contributed by atoms with van der Waals surface area (Å²) in [4.78, 5) is 0. The van der Waals surface area contributed by atoms with Gasteiger partial charge < -0.3 is 39.7 Å². The number of aliphatic hydroxyl groups excluding tert-OH is 5. The highest BCUT2D eigenvalue weighted by molar-refractivity contribution is 5.43. The van der Waals surface area contributed by atoms with Gasteiger partial charge in [0, 0.05) is 6.61 Å². The highest BCUT2D eigenvalue weighted by Crippen LogP contribution is 2.32. The monoisotopic (exact) mass is 330 g/mol. The van der Waals surface area contributed by atoms with E-state index >= 15 is 0 Å². The van der Waals surface area contributed by atoms with Crippen LogP contribution in [0.2, 0.25) is 0 Å². The van der Waals surface area contributed by atoms with E-state index in [-0.39, 0.29) is 12.4 Å². The van der Waals surface area contributed by atoms with E-state index in [1.54, 1.807) is 18.2 Å². The zero-order valence-corrected chi connectivity index (χ0v) is 12.7. The Morgan fingerprint density at radius 3 is 2.39 bits per heavy atom. The second-order valence-corrected chi connectivity index (χ2v) is 5.27. The third kappa shape index (κ3) is 3.92. The summed E-state index contributed by atoms with van der Waals surface area (Å²) >= 11 is 0. The van der Waals surface area contributed by atoms with Crippen molar-refractivity contribution in [2.75, 3.05) is 20.3 Å². The maximum atomic E-state index is 9.97. The largest absolute Gasteiger partial charge is 0.493 e. The Morgan fingerprint density at radius 2 is 1.78 bits per heavy atom. The van der Waals surface area contributed by atoms with E-state index in [1.807, 2.05) is 0 Å².